The van der Waals surface area contributed by atoms with Crippen molar-refractivity contribution in [2.75, 3.05) is 0 Å². The first-order valence-electron chi connectivity index (χ1n) is 0.612. The third kappa shape index (κ3) is 91.0. The molecule has 0 rings (SSSR count). The maximum Gasteiger partial charge on any atom is 4.00 e. The molecule has 0 unspecified atom stereocenters. The van der Waals surface area contributed by atoms with Crippen LogP contribution in [0.5, 0.6) is 0 Å². The molecule has 48 valence electrons. The van der Waals surface area contributed by atoms with Gasteiger partial charge in [0.2, 0.25) is 0 Å². The Morgan fingerprint density at radius 3 is 0.900 bits per heavy atom. The summed E-state index contributed by atoms with van der Waals surface area (Å²) >= 11 is -4.08. The molecule has 0 amide bonds. The molecule has 10 heavy (non-hydrogen) atoms. The van der Waals surface area contributed by atoms with E-state index in [0.717, 1.165) is 0 Å². The molecule has 0 bridgehead atoms. The van der Waals surface area contributed by atoms with Gasteiger partial charge in [0.1, 0.15) is 0 Å². The fraction of sp³-hybridized carbons (Fsp3) is 0. The zero-order chi connectivity index (χ0) is 3.58. The molecule has 0 aromatic heterocycles. The first-order valence-corrected chi connectivity index (χ1v) is 2.52. The average molecular weight is 367 g/mol. The Hall–Kier alpha value is 3.99. The van der Waals surface area contributed by atoms with Crippen molar-refractivity contribution >= 4 is 91.0 Å². The van der Waals surface area contributed by atoms with Crippen LogP contribution in [0.2, 0.25) is 0 Å². The molecular formula is O6Sr2Ti2. The van der Waals surface area contributed by atoms with Gasteiger partial charge in [-0.05, 0) is 0 Å². The summed E-state index contributed by atoms with van der Waals surface area (Å²) in [5.41, 5.74) is 0. The number of hydrogen-bond acceptors (Lipinski definition) is 3. The fourth-order valence-corrected chi connectivity index (χ4v) is 0. The zero-order valence-electron chi connectivity index (χ0n) is 4.86. The molecular weight excluding hydrogens is 367 g/mol. The van der Waals surface area contributed by atoms with Gasteiger partial charge in [-0.2, -0.15) is 0 Å². The summed E-state index contributed by atoms with van der Waals surface area (Å²) < 4.78 is 25.8. The molecule has 0 aliphatic carbocycles. The van der Waals surface area contributed by atoms with Gasteiger partial charge in [0.05, 0.1) is 0 Å². The van der Waals surface area contributed by atoms with E-state index in [1.807, 2.05) is 0 Å². The molecule has 0 radical (unpaired) electrons. The molecule has 0 fully saturated rings. The molecule has 0 aliphatic rings. The Balaban J connectivity index is -0.00000000300. The fourth-order valence-electron chi connectivity index (χ4n) is 0. The molecule has 0 aliphatic heterocycles. The van der Waals surface area contributed by atoms with Crippen LogP contribution in [-0.4, -0.2) is 91.0 Å². The predicted molar refractivity (Wildman–Crippen MR) is 14.3 cm³/mol. The summed E-state index contributed by atoms with van der Waals surface area (Å²) in [5, 5.41) is 0. The van der Waals surface area contributed by atoms with Crippen LogP contribution >= 0.6 is 0 Å². The molecule has 10 heteroatoms. The normalized spacial score (nSPS) is 2.60. The second-order valence-corrected chi connectivity index (χ2v) is 1.03. The van der Waals surface area contributed by atoms with Gasteiger partial charge in [0.15, 0.2) is 0 Å². The van der Waals surface area contributed by atoms with Crippen molar-refractivity contribution in [3.63, 3.8) is 0 Å². The third-order valence-electron chi connectivity index (χ3n) is 0. The van der Waals surface area contributed by atoms with Gasteiger partial charge in [0.25, 0.3) is 0 Å². The van der Waals surface area contributed by atoms with Crippen LogP contribution in [0.1, 0.15) is 0 Å². The van der Waals surface area contributed by atoms with Crippen molar-refractivity contribution in [2.45, 2.75) is 0 Å². The minimum atomic E-state index is -4.08. The van der Waals surface area contributed by atoms with Crippen LogP contribution in [0.4, 0.5) is 0 Å². The Kier molecular flexibility index (Phi) is 185. The van der Waals surface area contributed by atoms with Crippen molar-refractivity contribution in [2.24, 2.45) is 0 Å². The van der Waals surface area contributed by atoms with Gasteiger partial charge in [-0.1, -0.05) is 0 Å². The smallest absolute Gasteiger partial charge is 2.00 e. The molecule has 0 saturated carbocycles. The van der Waals surface area contributed by atoms with E-state index in [0.29, 0.717) is 0 Å². The third-order valence-corrected chi connectivity index (χ3v) is 0. The molecule has 0 aromatic carbocycles. The second kappa shape index (κ2) is 38.2. The van der Waals surface area contributed by atoms with E-state index in [1.165, 1.54) is 0 Å². The summed E-state index contributed by atoms with van der Waals surface area (Å²) in [6.07, 6.45) is 0. The van der Waals surface area contributed by atoms with Crippen molar-refractivity contribution in [1.82, 2.24) is 0 Å². The molecule has 0 saturated heterocycles. The van der Waals surface area contributed by atoms with Crippen LogP contribution in [0, 0.1) is 0 Å². The van der Waals surface area contributed by atoms with E-state index in [9.17, 15) is 0 Å². The quantitative estimate of drug-likeness (QED) is 0.407. The largest absolute Gasteiger partial charge is 4.00 e. The number of hydrogen-bond donors (Lipinski definition) is 0. The van der Waals surface area contributed by atoms with E-state index in [-0.39, 0.29) is 129 Å². The Bertz CT molecular complexity index is 36.7. The van der Waals surface area contributed by atoms with Gasteiger partial charge in [-0.15, -0.1) is 0 Å². The van der Waals surface area contributed by atoms with E-state index >= 15 is 0 Å². The predicted octanol–water partition coefficient (Wildman–Crippen LogP) is -3.62. The zero-order valence-corrected chi connectivity index (χ0v) is 14.9. The van der Waals surface area contributed by atoms with E-state index < -0.39 is 18.6 Å². The van der Waals surface area contributed by atoms with Gasteiger partial charge in [-0.25, -0.2) is 0 Å². The summed E-state index contributed by atoms with van der Waals surface area (Å²) in [5.74, 6) is 0. The maximum absolute atomic E-state index is 8.58. The second-order valence-electron chi connectivity index (χ2n) is 0.250. The molecule has 0 heterocycles. The number of rotatable bonds is 0. The molecule has 0 aromatic rings. The Labute approximate surface area is 154 Å². The first kappa shape index (κ1) is 48.3. The monoisotopic (exact) mass is 368 g/mol. The standard InChI is InChI=1S/6O.2Sr.2Ti/q;3*-2;2*-1;2*+2;;+4. The van der Waals surface area contributed by atoms with Gasteiger partial charge < -0.3 is 16.4 Å². The molecule has 6 nitrogen and oxygen atoms in total. The SMILES string of the molecule is [O-2].[O-2].[O-2].[O]=[Ti]([O-])[O-].[Sr+2].[Sr+2].[Ti+4]. The molecule has 0 atom stereocenters. The molecule has 0 N–H and O–H groups in total. The van der Waals surface area contributed by atoms with Crippen molar-refractivity contribution in [3.05, 3.63) is 0 Å². The summed E-state index contributed by atoms with van der Waals surface area (Å²) in [7, 11) is 0. The van der Waals surface area contributed by atoms with Crippen LogP contribution in [0.25, 0.3) is 0 Å². The topological polar surface area (TPSA) is 149 Å². The minimum Gasteiger partial charge on any atom is 2.00 e. The Morgan fingerprint density at radius 2 is 0.900 bits per heavy atom. The first-order chi connectivity index (χ1) is 1.73. The van der Waals surface area contributed by atoms with E-state index in [4.69, 9.17) is 10.7 Å². The van der Waals surface area contributed by atoms with Crippen molar-refractivity contribution in [3.8, 4) is 0 Å². The summed E-state index contributed by atoms with van der Waals surface area (Å²) in [4.78, 5) is 0. The average Bonchev–Trinajstić information content (AvgIpc) is 0.811. The summed E-state index contributed by atoms with van der Waals surface area (Å²) in [6, 6.07) is 0. The van der Waals surface area contributed by atoms with Gasteiger partial charge in [-0.3, -0.25) is 0 Å². The van der Waals surface area contributed by atoms with Crippen molar-refractivity contribution < 1.29 is 67.5 Å². The Morgan fingerprint density at radius 1 is 0.900 bits per heavy atom. The van der Waals surface area contributed by atoms with Gasteiger partial charge in [0, 0.05) is 0 Å². The van der Waals surface area contributed by atoms with E-state index in [2.05, 4.69) is 0 Å². The van der Waals surface area contributed by atoms with Crippen LogP contribution < -0.4 is 7.38 Å². The summed E-state index contributed by atoms with van der Waals surface area (Å²) in [6.45, 7) is 0. The van der Waals surface area contributed by atoms with E-state index in [1.54, 1.807) is 0 Å². The van der Waals surface area contributed by atoms with Crippen LogP contribution in [-0.2, 0) is 60.1 Å². The van der Waals surface area contributed by atoms with Gasteiger partial charge >= 0.3 is 142 Å². The van der Waals surface area contributed by atoms with Crippen molar-refractivity contribution in [1.29, 1.82) is 0 Å². The maximum atomic E-state index is 8.58. The minimum absolute atomic E-state index is 0. The van der Waals surface area contributed by atoms with Crippen LogP contribution in [0.15, 0.2) is 0 Å². The van der Waals surface area contributed by atoms with Crippen LogP contribution in [0.3, 0.4) is 0 Å². The molecule has 0 spiro atoms.